The number of aryl methyl sites for hydroxylation is 1. The third-order valence-electron chi connectivity index (χ3n) is 3.83. The van der Waals surface area contributed by atoms with Crippen molar-refractivity contribution < 1.29 is 23.6 Å². The lowest BCUT2D eigenvalue weighted by Gasteiger charge is -2.33. The van der Waals surface area contributed by atoms with E-state index in [1.807, 2.05) is 6.92 Å². The third-order valence-corrected chi connectivity index (χ3v) is 4.73. The molecule has 1 aromatic rings. The average molecular weight is 369 g/mol. The van der Waals surface area contributed by atoms with E-state index in [1.54, 1.807) is 17.9 Å². The highest BCUT2D eigenvalue weighted by molar-refractivity contribution is 8.00. The number of anilines is 1. The van der Waals surface area contributed by atoms with Crippen LogP contribution in [0, 0.1) is 6.92 Å². The molecule has 1 saturated heterocycles. The van der Waals surface area contributed by atoms with Crippen molar-refractivity contribution >= 4 is 35.4 Å². The molecule has 0 unspecified atom stereocenters. The molecule has 1 N–H and O–H groups in total. The molecule has 0 aliphatic carbocycles. The fourth-order valence-corrected chi connectivity index (χ4v) is 3.18. The van der Waals surface area contributed by atoms with Gasteiger partial charge in [-0.1, -0.05) is 5.16 Å². The minimum Gasteiger partial charge on any atom is -0.455 e. The maximum atomic E-state index is 12.1. The molecule has 1 aliphatic rings. The van der Waals surface area contributed by atoms with Crippen LogP contribution in [0.3, 0.4) is 0 Å². The number of amides is 2. The molecule has 138 valence electrons. The van der Waals surface area contributed by atoms with Gasteiger partial charge in [0.05, 0.1) is 11.5 Å². The van der Waals surface area contributed by atoms with Crippen LogP contribution < -0.4 is 5.32 Å². The molecule has 2 amide bonds. The van der Waals surface area contributed by atoms with Crippen LogP contribution in [0.2, 0.25) is 0 Å². The van der Waals surface area contributed by atoms with Gasteiger partial charge in [-0.05, 0) is 33.1 Å². The lowest BCUT2D eigenvalue weighted by atomic mass is 10.0. The van der Waals surface area contributed by atoms with Crippen LogP contribution in [0.25, 0.3) is 0 Å². The topological polar surface area (TPSA) is 102 Å². The zero-order valence-electron chi connectivity index (χ0n) is 14.4. The van der Waals surface area contributed by atoms with Crippen LogP contribution in [-0.4, -0.2) is 58.5 Å². The second-order valence-corrected chi connectivity index (χ2v) is 6.94. The molecule has 0 bridgehead atoms. The zero-order valence-corrected chi connectivity index (χ0v) is 15.3. The summed E-state index contributed by atoms with van der Waals surface area (Å²) < 4.78 is 9.84. The second kappa shape index (κ2) is 9.45. The first-order chi connectivity index (χ1) is 12.0. The first-order valence-electron chi connectivity index (χ1n) is 8.21. The van der Waals surface area contributed by atoms with Crippen LogP contribution in [0.5, 0.6) is 0 Å². The Bertz CT molecular complexity index is 619. The van der Waals surface area contributed by atoms with Crippen molar-refractivity contribution in [3.05, 3.63) is 11.8 Å². The minimum absolute atomic E-state index is 0.00803. The minimum atomic E-state index is -0.506. The van der Waals surface area contributed by atoms with E-state index in [0.29, 0.717) is 18.1 Å². The van der Waals surface area contributed by atoms with Crippen LogP contribution >= 0.6 is 11.8 Å². The van der Waals surface area contributed by atoms with Gasteiger partial charge in [-0.2, -0.15) is 0 Å². The van der Waals surface area contributed by atoms with Gasteiger partial charge in [0.25, 0.3) is 5.91 Å². The van der Waals surface area contributed by atoms with Gasteiger partial charge in [-0.3, -0.25) is 14.4 Å². The fourth-order valence-electron chi connectivity index (χ4n) is 2.57. The number of thioether (sulfide) groups is 1. The number of rotatable bonds is 7. The molecule has 0 aromatic carbocycles. The molecule has 1 fully saturated rings. The summed E-state index contributed by atoms with van der Waals surface area (Å²) >= 11 is 1.11. The Balaban J connectivity index is 1.60. The first kappa shape index (κ1) is 19.3. The van der Waals surface area contributed by atoms with Crippen molar-refractivity contribution in [1.29, 1.82) is 0 Å². The number of aromatic nitrogens is 1. The Morgan fingerprint density at radius 3 is 2.88 bits per heavy atom. The van der Waals surface area contributed by atoms with E-state index in [-0.39, 0.29) is 36.0 Å². The summed E-state index contributed by atoms with van der Waals surface area (Å²) in [7, 11) is 0. The van der Waals surface area contributed by atoms with Gasteiger partial charge in [0.15, 0.2) is 12.4 Å². The van der Waals surface area contributed by atoms with Crippen LogP contribution in [0.15, 0.2) is 10.6 Å². The molecule has 0 saturated carbocycles. The maximum absolute atomic E-state index is 12.1. The highest BCUT2D eigenvalue weighted by atomic mass is 32.2. The summed E-state index contributed by atoms with van der Waals surface area (Å²) in [5, 5.41) is 6.21. The third kappa shape index (κ3) is 6.41. The summed E-state index contributed by atoms with van der Waals surface area (Å²) in [4.78, 5) is 37.2. The Morgan fingerprint density at radius 1 is 1.40 bits per heavy atom. The van der Waals surface area contributed by atoms with E-state index in [0.717, 1.165) is 31.0 Å². The second-order valence-electron chi connectivity index (χ2n) is 5.96. The van der Waals surface area contributed by atoms with Crippen molar-refractivity contribution in [3.63, 3.8) is 0 Å². The SMILES string of the molecule is Cc1cc(NC(=O)CSCC(=O)OCC(=O)N2CCCC[C@@H]2C)no1. The van der Waals surface area contributed by atoms with Crippen LogP contribution in [-0.2, 0) is 19.1 Å². The lowest BCUT2D eigenvalue weighted by Crippen LogP contribution is -2.44. The van der Waals surface area contributed by atoms with Crippen molar-refractivity contribution in [1.82, 2.24) is 10.1 Å². The number of hydrogen-bond acceptors (Lipinski definition) is 7. The average Bonchev–Trinajstić information content (AvgIpc) is 2.98. The first-order valence-corrected chi connectivity index (χ1v) is 9.37. The van der Waals surface area contributed by atoms with E-state index < -0.39 is 5.97 Å². The van der Waals surface area contributed by atoms with Gasteiger partial charge in [0, 0.05) is 18.7 Å². The predicted octanol–water partition coefficient (Wildman–Crippen LogP) is 1.60. The summed E-state index contributed by atoms with van der Waals surface area (Å²) in [6.07, 6.45) is 3.09. The number of carbonyl (C=O) groups excluding carboxylic acids is 3. The van der Waals surface area contributed by atoms with E-state index in [1.165, 1.54) is 0 Å². The predicted molar refractivity (Wildman–Crippen MR) is 93.2 cm³/mol. The van der Waals surface area contributed by atoms with Gasteiger partial charge in [-0.25, -0.2) is 0 Å². The number of likely N-dealkylation sites (tertiary alicyclic amines) is 1. The molecular formula is C16H23N3O5S. The molecule has 2 heterocycles. The van der Waals surface area contributed by atoms with Gasteiger partial charge in [0.2, 0.25) is 5.91 Å². The van der Waals surface area contributed by atoms with Gasteiger partial charge in [0.1, 0.15) is 5.76 Å². The van der Waals surface area contributed by atoms with Crippen molar-refractivity contribution in [2.45, 2.75) is 39.2 Å². The van der Waals surface area contributed by atoms with Gasteiger partial charge < -0.3 is 19.5 Å². The number of piperidine rings is 1. The maximum Gasteiger partial charge on any atom is 0.316 e. The Kier molecular flexibility index (Phi) is 7.30. The number of esters is 1. The Morgan fingerprint density at radius 2 is 2.20 bits per heavy atom. The monoisotopic (exact) mass is 369 g/mol. The molecule has 1 aliphatic heterocycles. The van der Waals surface area contributed by atoms with Crippen molar-refractivity contribution in [2.75, 3.05) is 30.0 Å². The molecule has 1 aromatic heterocycles. The van der Waals surface area contributed by atoms with E-state index in [4.69, 9.17) is 9.26 Å². The number of carbonyl (C=O) groups is 3. The van der Waals surface area contributed by atoms with Crippen LogP contribution in [0.1, 0.15) is 31.9 Å². The van der Waals surface area contributed by atoms with Crippen molar-refractivity contribution in [3.8, 4) is 0 Å². The molecule has 25 heavy (non-hydrogen) atoms. The number of nitrogens with zero attached hydrogens (tertiary/aromatic N) is 2. The van der Waals surface area contributed by atoms with Crippen LogP contribution in [0.4, 0.5) is 5.82 Å². The van der Waals surface area contributed by atoms with Crippen molar-refractivity contribution in [2.24, 2.45) is 0 Å². The summed E-state index contributed by atoms with van der Waals surface area (Å²) in [6, 6.07) is 1.79. The zero-order chi connectivity index (χ0) is 18.2. The molecule has 8 nitrogen and oxygen atoms in total. The normalized spacial score (nSPS) is 17.2. The van der Waals surface area contributed by atoms with E-state index in [9.17, 15) is 14.4 Å². The molecule has 0 spiro atoms. The number of hydrogen-bond donors (Lipinski definition) is 1. The van der Waals surface area contributed by atoms with E-state index in [2.05, 4.69) is 10.5 Å². The Hall–Kier alpha value is -2.03. The standard InChI is InChI=1S/C16H23N3O5S/c1-11-5-3-4-6-19(11)15(21)8-23-16(22)10-25-9-14(20)17-13-7-12(2)24-18-13/h7,11H,3-6,8-10H2,1-2H3,(H,17,18,20)/t11-/m0/s1. The highest BCUT2D eigenvalue weighted by Gasteiger charge is 2.23. The largest absolute Gasteiger partial charge is 0.455 e. The lowest BCUT2D eigenvalue weighted by molar-refractivity contribution is -0.151. The number of ether oxygens (including phenoxy) is 1. The summed E-state index contributed by atoms with van der Waals surface area (Å²) in [6.45, 7) is 4.20. The van der Waals surface area contributed by atoms with Gasteiger partial charge in [-0.15, -0.1) is 11.8 Å². The number of nitrogens with one attached hydrogen (secondary N) is 1. The summed E-state index contributed by atoms with van der Waals surface area (Å²) in [5.74, 6) is 0.0694. The summed E-state index contributed by atoms with van der Waals surface area (Å²) in [5.41, 5.74) is 0. The molecule has 1 atom stereocenters. The highest BCUT2D eigenvalue weighted by Crippen LogP contribution is 2.16. The smallest absolute Gasteiger partial charge is 0.316 e. The van der Waals surface area contributed by atoms with E-state index >= 15 is 0 Å². The molecule has 2 rings (SSSR count). The Labute approximate surface area is 150 Å². The molecule has 0 radical (unpaired) electrons. The molecular weight excluding hydrogens is 346 g/mol. The molecule has 9 heteroatoms. The van der Waals surface area contributed by atoms with Gasteiger partial charge >= 0.3 is 5.97 Å². The quantitative estimate of drug-likeness (QED) is 0.728. The fraction of sp³-hybridized carbons (Fsp3) is 0.625.